The zero-order valence-corrected chi connectivity index (χ0v) is 7.61. The minimum absolute atomic E-state index is 0.131. The summed E-state index contributed by atoms with van der Waals surface area (Å²) in [6.07, 6.45) is 0. The Balaban J connectivity index is 3.61. The van der Waals surface area contributed by atoms with E-state index in [1.165, 1.54) is 4.57 Å². The molecular formula is C7H3Cl2N3. The van der Waals surface area contributed by atoms with Crippen molar-refractivity contribution in [3.63, 3.8) is 0 Å². The van der Waals surface area contributed by atoms with Crippen molar-refractivity contribution in [3.05, 3.63) is 21.4 Å². The molecule has 3 nitrogen and oxygen atoms in total. The van der Waals surface area contributed by atoms with Crippen LogP contribution in [0.15, 0.2) is 0 Å². The van der Waals surface area contributed by atoms with E-state index in [1.807, 2.05) is 12.1 Å². The summed E-state index contributed by atoms with van der Waals surface area (Å²) in [4.78, 5) is 0. The SMILES string of the molecule is Cn1c(Cl)c(C#N)c(C#N)c1Cl. The average molecular weight is 200 g/mol. The van der Waals surface area contributed by atoms with Gasteiger partial charge in [-0.15, -0.1) is 0 Å². The summed E-state index contributed by atoms with van der Waals surface area (Å²) in [6, 6.07) is 3.63. The third kappa shape index (κ3) is 1.04. The molecule has 1 heterocycles. The lowest BCUT2D eigenvalue weighted by Crippen LogP contribution is -1.85. The van der Waals surface area contributed by atoms with Gasteiger partial charge in [0.25, 0.3) is 0 Å². The predicted molar refractivity (Wildman–Crippen MR) is 44.9 cm³/mol. The van der Waals surface area contributed by atoms with Crippen molar-refractivity contribution in [1.82, 2.24) is 4.57 Å². The van der Waals surface area contributed by atoms with Crippen molar-refractivity contribution in [2.24, 2.45) is 7.05 Å². The van der Waals surface area contributed by atoms with Gasteiger partial charge in [0, 0.05) is 7.05 Å². The minimum Gasteiger partial charge on any atom is -0.324 e. The number of aromatic nitrogens is 1. The second-order valence-electron chi connectivity index (χ2n) is 2.11. The summed E-state index contributed by atoms with van der Waals surface area (Å²) in [5, 5.41) is 17.6. The Morgan fingerprint density at radius 2 is 1.42 bits per heavy atom. The number of hydrogen-bond acceptors (Lipinski definition) is 2. The number of nitrogens with zero attached hydrogens (tertiary/aromatic N) is 3. The van der Waals surface area contributed by atoms with Crippen LogP contribution in [-0.2, 0) is 7.05 Å². The molecule has 12 heavy (non-hydrogen) atoms. The van der Waals surface area contributed by atoms with Crippen LogP contribution in [0.4, 0.5) is 0 Å². The van der Waals surface area contributed by atoms with Gasteiger partial charge in [0.05, 0.1) is 0 Å². The van der Waals surface area contributed by atoms with E-state index < -0.39 is 0 Å². The second kappa shape index (κ2) is 3.06. The molecule has 60 valence electrons. The molecule has 0 radical (unpaired) electrons. The van der Waals surface area contributed by atoms with E-state index in [2.05, 4.69) is 0 Å². The first kappa shape index (κ1) is 8.93. The monoisotopic (exact) mass is 199 g/mol. The second-order valence-corrected chi connectivity index (χ2v) is 2.83. The van der Waals surface area contributed by atoms with Crippen LogP contribution in [0.1, 0.15) is 11.1 Å². The molecule has 0 aliphatic heterocycles. The van der Waals surface area contributed by atoms with E-state index in [1.54, 1.807) is 7.05 Å². The molecule has 0 saturated carbocycles. The van der Waals surface area contributed by atoms with Gasteiger partial charge in [0.1, 0.15) is 33.6 Å². The van der Waals surface area contributed by atoms with Crippen LogP contribution in [0.25, 0.3) is 0 Å². The molecular weight excluding hydrogens is 197 g/mol. The number of hydrogen-bond donors (Lipinski definition) is 0. The van der Waals surface area contributed by atoms with Gasteiger partial charge in [-0.25, -0.2) is 0 Å². The van der Waals surface area contributed by atoms with Gasteiger partial charge in [-0.05, 0) is 0 Å². The van der Waals surface area contributed by atoms with Crippen LogP contribution in [-0.4, -0.2) is 4.57 Å². The average Bonchev–Trinajstić information content (AvgIpc) is 2.29. The molecule has 5 heteroatoms. The van der Waals surface area contributed by atoms with Crippen molar-refractivity contribution >= 4 is 23.2 Å². The summed E-state index contributed by atoms with van der Waals surface area (Å²) in [6.45, 7) is 0. The highest BCUT2D eigenvalue weighted by molar-refractivity contribution is 6.35. The first-order valence-corrected chi connectivity index (χ1v) is 3.73. The van der Waals surface area contributed by atoms with E-state index in [0.29, 0.717) is 0 Å². The molecule has 1 aromatic rings. The molecule has 0 aliphatic rings. The predicted octanol–water partition coefficient (Wildman–Crippen LogP) is 2.08. The van der Waals surface area contributed by atoms with Crippen LogP contribution >= 0.6 is 23.2 Å². The first-order valence-electron chi connectivity index (χ1n) is 2.97. The fourth-order valence-electron chi connectivity index (χ4n) is 0.832. The molecule has 1 rings (SSSR count). The van der Waals surface area contributed by atoms with Gasteiger partial charge < -0.3 is 4.57 Å². The fraction of sp³-hybridized carbons (Fsp3) is 0.143. The molecule has 0 bridgehead atoms. The van der Waals surface area contributed by atoms with E-state index in [4.69, 9.17) is 33.7 Å². The minimum atomic E-state index is 0.131. The summed E-state index contributed by atoms with van der Waals surface area (Å²) in [5.41, 5.74) is 0.262. The maximum atomic E-state index is 8.61. The molecule has 0 aliphatic carbocycles. The maximum Gasteiger partial charge on any atom is 0.129 e. The van der Waals surface area contributed by atoms with Crippen LogP contribution in [0, 0.1) is 22.7 Å². The quantitative estimate of drug-likeness (QED) is 0.643. The largest absolute Gasteiger partial charge is 0.324 e. The van der Waals surface area contributed by atoms with Gasteiger partial charge in [-0.1, -0.05) is 23.2 Å². The Bertz CT molecular complexity index is 368. The Kier molecular flexibility index (Phi) is 2.28. The highest BCUT2D eigenvalue weighted by atomic mass is 35.5. The van der Waals surface area contributed by atoms with Crippen molar-refractivity contribution in [2.45, 2.75) is 0 Å². The smallest absolute Gasteiger partial charge is 0.129 e. The van der Waals surface area contributed by atoms with Crippen molar-refractivity contribution in [2.75, 3.05) is 0 Å². The molecule has 0 unspecified atom stereocenters. The molecule has 0 saturated heterocycles. The van der Waals surface area contributed by atoms with Crippen LogP contribution in [0.2, 0.25) is 10.3 Å². The van der Waals surface area contributed by atoms with E-state index >= 15 is 0 Å². The molecule has 0 spiro atoms. The van der Waals surface area contributed by atoms with Crippen molar-refractivity contribution < 1.29 is 0 Å². The first-order chi connectivity index (χ1) is 5.63. The normalized spacial score (nSPS) is 9.08. The van der Waals surface area contributed by atoms with Crippen molar-refractivity contribution in [3.8, 4) is 12.1 Å². The highest BCUT2D eigenvalue weighted by Crippen LogP contribution is 2.28. The maximum absolute atomic E-state index is 8.61. The summed E-state index contributed by atoms with van der Waals surface area (Å²) < 4.78 is 1.39. The molecule has 0 fully saturated rings. The summed E-state index contributed by atoms with van der Waals surface area (Å²) >= 11 is 11.4. The van der Waals surface area contributed by atoms with Crippen LogP contribution in [0.5, 0.6) is 0 Å². The van der Waals surface area contributed by atoms with Crippen LogP contribution < -0.4 is 0 Å². The fourth-order valence-corrected chi connectivity index (χ4v) is 1.32. The Hall–Kier alpha value is -1.16. The Morgan fingerprint density at radius 3 is 1.67 bits per heavy atom. The third-order valence-corrected chi connectivity index (χ3v) is 2.36. The van der Waals surface area contributed by atoms with Gasteiger partial charge in [-0.3, -0.25) is 0 Å². The van der Waals surface area contributed by atoms with Crippen molar-refractivity contribution in [1.29, 1.82) is 10.5 Å². The number of rotatable bonds is 0. The Morgan fingerprint density at radius 1 is 1.08 bits per heavy atom. The van der Waals surface area contributed by atoms with E-state index in [0.717, 1.165) is 0 Å². The lowest BCUT2D eigenvalue weighted by Gasteiger charge is -1.92. The lowest BCUT2D eigenvalue weighted by atomic mass is 10.2. The zero-order valence-electron chi connectivity index (χ0n) is 6.10. The molecule has 0 atom stereocenters. The lowest BCUT2D eigenvalue weighted by molar-refractivity contribution is 0.927. The topological polar surface area (TPSA) is 52.5 Å². The molecule has 0 aromatic carbocycles. The summed E-state index contributed by atoms with van der Waals surface area (Å²) in [5.74, 6) is 0. The number of nitriles is 2. The highest BCUT2D eigenvalue weighted by Gasteiger charge is 2.17. The van der Waals surface area contributed by atoms with Gasteiger partial charge >= 0.3 is 0 Å². The molecule has 1 aromatic heterocycles. The molecule has 0 amide bonds. The zero-order chi connectivity index (χ0) is 9.30. The van der Waals surface area contributed by atoms with Gasteiger partial charge in [0.15, 0.2) is 0 Å². The van der Waals surface area contributed by atoms with Crippen LogP contribution in [0.3, 0.4) is 0 Å². The number of halogens is 2. The van der Waals surface area contributed by atoms with Gasteiger partial charge in [0.2, 0.25) is 0 Å². The van der Waals surface area contributed by atoms with Gasteiger partial charge in [-0.2, -0.15) is 10.5 Å². The standard InChI is InChI=1S/C7H3Cl2N3/c1-12-6(8)4(2-10)5(3-11)7(12)9/h1H3. The Labute approximate surface area is 79.3 Å². The van der Waals surface area contributed by atoms with E-state index in [9.17, 15) is 0 Å². The third-order valence-electron chi connectivity index (χ3n) is 1.48. The van der Waals surface area contributed by atoms with E-state index in [-0.39, 0.29) is 21.4 Å². The molecule has 0 N–H and O–H groups in total. The summed E-state index contributed by atoms with van der Waals surface area (Å²) in [7, 11) is 1.59.